The number of hydrogen-bond donors (Lipinski definition) is 2. The summed E-state index contributed by atoms with van der Waals surface area (Å²) in [5.41, 5.74) is 3.26. The number of rotatable bonds is 5. The lowest BCUT2D eigenvalue weighted by Crippen LogP contribution is -2.39. The highest BCUT2D eigenvalue weighted by atomic mass is 35.5. The summed E-state index contributed by atoms with van der Waals surface area (Å²) in [6, 6.07) is 14.0. The highest BCUT2D eigenvalue weighted by Gasteiger charge is 2.22. The first-order valence-electron chi connectivity index (χ1n) is 12.0. The zero-order chi connectivity index (χ0) is 25.3. The molecule has 0 aliphatic carbocycles. The Morgan fingerprint density at radius 3 is 2.53 bits per heavy atom. The number of nitrogens with zero attached hydrogens (tertiary/aromatic N) is 7. The molecule has 0 unspecified atom stereocenters. The van der Waals surface area contributed by atoms with Gasteiger partial charge in [-0.05, 0) is 43.2 Å². The summed E-state index contributed by atoms with van der Waals surface area (Å²) >= 11 is 6.42. The number of halogens is 1. The molecule has 2 N–H and O–H groups in total. The van der Waals surface area contributed by atoms with Gasteiger partial charge in [-0.15, -0.1) is 0 Å². The van der Waals surface area contributed by atoms with Crippen LogP contribution in [-0.4, -0.2) is 43.7 Å². The first-order valence-corrected chi connectivity index (χ1v) is 12.3. The standard InChI is InChI=1S/C26H28ClN9/c1-26(2,3)24-32-22-14-19(10-13-36(22)34-24)31-25-29-16-21(27)23(33-25)30-18-8-11-35(12-9-18)20-6-4-17(15-28)5-7-20/h4-7,10,13-14,16,18H,8-9,11-12H2,1-3H3,(H2,29,30,31,33). The van der Waals surface area contributed by atoms with Gasteiger partial charge in [0.25, 0.3) is 0 Å². The van der Waals surface area contributed by atoms with Gasteiger partial charge in [0.1, 0.15) is 5.02 Å². The molecule has 0 atom stereocenters. The van der Waals surface area contributed by atoms with Crippen molar-refractivity contribution in [2.75, 3.05) is 28.6 Å². The molecule has 4 heterocycles. The molecule has 0 radical (unpaired) electrons. The van der Waals surface area contributed by atoms with Crippen molar-refractivity contribution in [2.24, 2.45) is 0 Å². The lowest BCUT2D eigenvalue weighted by molar-refractivity contribution is 0.525. The van der Waals surface area contributed by atoms with Crippen LogP contribution in [0, 0.1) is 11.3 Å². The van der Waals surface area contributed by atoms with Crippen molar-refractivity contribution in [1.82, 2.24) is 24.6 Å². The Balaban J connectivity index is 1.24. The van der Waals surface area contributed by atoms with E-state index in [0.717, 1.165) is 48.8 Å². The minimum Gasteiger partial charge on any atom is -0.371 e. The second kappa shape index (κ2) is 9.63. The number of nitrogens with one attached hydrogen (secondary N) is 2. The SMILES string of the molecule is CC(C)(C)c1nc2cc(Nc3ncc(Cl)c(NC4CCN(c5ccc(C#N)cc5)CC4)n3)ccn2n1. The average Bonchev–Trinajstić information content (AvgIpc) is 3.31. The molecule has 0 bridgehead atoms. The van der Waals surface area contributed by atoms with Gasteiger partial charge in [0, 0.05) is 48.2 Å². The first kappa shape index (κ1) is 23.8. The molecular weight excluding hydrogens is 474 g/mol. The Morgan fingerprint density at radius 2 is 1.83 bits per heavy atom. The van der Waals surface area contributed by atoms with Gasteiger partial charge in [-0.3, -0.25) is 0 Å². The monoisotopic (exact) mass is 501 g/mol. The van der Waals surface area contributed by atoms with Gasteiger partial charge in [0.2, 0.25) is 5.95 Å². The molecule has 0 amide bonds. The number of pyridine rings is 1. The number of benzene rings is 1. The van der Waals surface area contributed by atoms with E-state index in [1.165, 1.54) is 0 Å². The number of anilines is 4. The van der Waals surface area contributed by atoms with Crippen molar-refractivity contribution in [3.63, 3.8) is 0 Å². The van der Waals surface area contributed by atoms with Crippen LogP contribution in [0.25, 0.3) is 5.65 Å². The van der Waals surface area contributed by atoms with Crippen LogP contribution in [0.3, 0.4) is 0 Å². The quantitative estimate of drug-likeness (QED) is 0.386. The number of aromatic nitrogens is 5. The van der Waals surface area contributed by atoms with E-state index in [9.17, 15) is 0 Å². The lowest BCUT2D eigenvalue weighted by Gasteiger charge is -2.34. The second-order valence-electron chi connectivity index (χ2n) is 9.98. The third kappa shape index (κ3) is 5.19. The zero-order valence-electron chi connectivity index (χ0n) is 20.5. The van der Waals surface area contributed by atoms with Crippen LogP contribution in [0.2, 0.25) is 5.02 Å². The van der Waals surface area contributed by atoms with E-state index in [0.29, 0.717) is 22.4 Å². The number of nitriles is 1. The van der Waals surface area contributed by atoms with Gasteiger partial charge < -0.3 is 15.5 Å². The summed E-state index contributed by atoms with van der Waals surface area (Å²) in [4.78, 5) is 16.0. The molecular formula is C26H28ClN9. The summed E-state index contributed by atoms with van der Waals surface area (Å²) in [6.45, 7) is 8.09. The van der Waals surface area contributed by atoms with Gasteiger partial charge in [-0.2, -0.15) is 15.3 Å². The molecule has 4 aromatic rings. The van der Waals surface area contributed by atoms with Crippen molar-refractivity contribution in [3.8, 4) is 6.07 Å². The largest absolute Gasteiger partial charge is 0.371 e. The summed E-state index contributed by atoms with van der Waals surface area (Å²) in [5.74, 6) is 1.86. The molecule has 1 saturated heterocycles. The van der Waals surface area contributed by atoms with Gasteiger partial charge in [-0.25, -0.2) is 14.5 Å². The molecule has 9 nitrogen and oxygen atoms in total. The summed E-state index contributed by atoms with van der Waals surface area (Å²) in [6.07, 6.45) is 5.38. The molecule has 0 spiro atoms. The fourth-order valence-electron chi connectivity index (χ4n) is 4.16. The highest BCUT2D eigenvalue weighted by molar-refractivity contribution is 6.32. The van der Waals surface area contributed by atoms with Gasteiger partial charge in [0.15, 0.2) is 17.3 Å². The molecule has 1 aliphatic heterocycles. The topological polar surface area (TPSA) is 107 Å². The fraction of sp³-hybridized carbons (Fsp3) is 0.346. The van der Waals surface area contributed by atoms with Crippen LogP contribution in [-0.2, 0) is 5.41 Å². The van der Waals surface area contributed by atoms with E-state index in [1.54, 1.807) is 10.7 Å². The number of fused-ring (bicyclic) bond motifs is 1. The minimum absolute atomic E-state index is 0.127. The normalized spacial score (nSPS) is 14.6. The Labute approximate surface area is 215 Å². The predicted octanol–water partition coefficient (Wildman–Crippen LogP) is 5.17. The zero-order valence-corrected chi connectivity index (χ0v) is 21.3. The Morgan fingerprint density at radius 1 is 1.08 bits per heavy atom. The molecule has 1 aromatic carbocycles. The van der Waals surface area contributed by atoms with Crippen molar-refractivity contribution in [2.45, 2.75) is 45.1 Å². The van der Waals surface area contributed by atoms with Crippen molar-refractivity contribution in [1.29, 1.82) is 5.26 Å². The smallest absolute Gasteiger partial charge is 0.229 e. The summed E-state index contributed by atoms with van der Waals surface area (Å²) in [5, 5.41) is 20.8. The van der Waals surface area contributed by atoms with Crippen LogP contribution in [0.5, 0.6) is 0 Å². The van der Waals surface area contributed by atoms with Crippen LogP contribution < -0.4 is 15.5 Å². The Bertz CT molecular complexity index is 1410. The summed E-state index contributed by atoms with van der Waals surface area (Å²) in [7, 11) is 0. The van der Waals surface area contributed by atoms with E-state index in [1.807, 2.05) is 42.6 Å². The molecule has 0 saturated carbocycles. The van der Waals surface area contributed by atoms with Gasteiger partial charge >= 0.3 is 0 Å². The minimum atomic E-state index is -0.127. The third-order valence-electron chi connectivity index (χ3n) is 6.21. The molecule has 1 fully saturated rings. The van der Waals surface area contributed by atoms with Crippen LogP contribution >= 0.6 is 11.6 Å². The first-order chi connectivity index (χ1) is 17.3. The van der Waals surface area contributed by atoms with E-state index >= 15 is 0 Å². The lowest BCUT2D eigenvalue weighted by atomic mass is 9.96. The molecule has 36 heavy (non-hydrogen) atoms. The summed E-state index contributed by atoms with van der Waals surface area (Å²) < 4.78 is 1.77. The van der Waals surface area contributed by atoms with Crippen molar-refractivity contribution in [3.05, 3.63) is 65.2 Å². The Kier molecular flexibility index (Phi) is 6.37. The van der Waals surface area contributed by atoms with Crippen LogP contribution in [0.1, 0.15) is 45.0 Å². The van der Waals surface area contributed by atoms with Crippen molar-refractivity contribution < 1.29 is 0 Å². The number of hydrogen-bond acceptors (Lipinski definition) is 8. The fourth-order valence-corrected chi connectivity index (χ4v) is 4.30. The number of piperidine rings is 1. The van der Waals surface area contributed by atoms with Gasteiger partial charge in [0.05, 0.1) is 17.8 Å². The van der Waals surface area contributed by atoms with E-state index in [2.05, 4.69) is 62.4 Å². The molecule has 10 heteroatoms. The molecule has 1 aliphatic rings. The van der Waals surface area contributed by atoms with E-state index in [4.69, 9.17) is 16.9 Å². The van der Waals surface area contributed by atoms with Gasteiger partial charge in [-0.1, -0.05) is 32.4 Å². The maximum Gasteiger partial charge on any atom is 0.229 e. The van der Waals surface area contributed by atoms with Crippen LogP contribution in [0.15, 0.2) is 48.8 Å². The molecule has 3 aromatic heterocycles. The predicted molar refractivity (Wildman–Crippen MR) is 142 cm³/mol. The maximum absolute atomic E-state index is 9.00. The van der Waals surface area contributed by atoms with E-state index < -0.39 is 0 Å². The van der Waals surface area contributed by atoms with Crippen molar-refractivity contribution >= 4 is 40.4 Å². The van der Waals surface area contributed by atoms with E-state index in [-0.39, 0.29) is 11.5 Å². The maximum atomic E-state index is 9.00. The molecule has 5 rings (SSSR count). The Hall–Kier alpha value is -3.90. The average molecular weight is 502 g/mol. The molecule has 184 valence electrons. The highest BCUT2D eigenvalue weighted by Crippen LogP contribution is 2.27. The third-order valence-corrected chi connectivity index (χ3v) is 6.48. The second-order valence-corrected chi connectivity index (χ2v) is 10.4. The van der Waals surface area contributed by atoms with Crippen LogP contribution in [0.4, 0.5) is 23.1 Å².